The molecule has 0 aliphatic heterocycles. The average Bonchev–Trinajstić information content (AvgIpc) is 2.09. The van der Waals surface area contributed by atoms with Gasteiger partial charge >= 0.3 is 0 Å². The number of rotatable bonds is 1. The highest BCUT2D eigenvalue weighted by Crippen LogP contribution is 2.25. The summed E-state index contributed by atoms with van der Waals surface area (Å²) in [6.07, 6.45) is 6.62. The van der Waals surface area contributed by atoms with Crippen molar-refractivity contribution in [3.63, 3.8) is 0 Å². The second-order valence-corrected chi connectivity index (χ2v) is 3.10. The number of hydrogen-bond acceptors (Lipinski definition) is 2. The van der Waals surface area contributed by atoms with Crippen LogP contribution in [-0.2, 0) is 4.74 Å². The summed E-state index contributed by atoms with van der Waals surface area (Å²) in [5.41, 5.74) is 0. The SMILES string of the molecule is CC.CC1CCCC(OC#N)C1. The Balaban J connectivity index is 0.000000561. The fourth-order valence-electron chi connectivity index (χ4n) is 1.56. The lowest BCUT2D eigenvalue weighted by Gasteiger charge is -2.23. The van der Waals surface area contributed by atoms with Crippen LogP contribution < -0.4 is 0 Å². The van der Waals surface area contributed by atoms with Crippen molar-refractivity contribution < 1.29 is 4.74 Å². The first kappa shape index (κ1) is 11.3. The molecule has 1 aliphatic rings. The van der Waals surface area contributed by atoms with Crippen molar-refractivity contribution in [2.75, 3.05) is 0 Å². The highest BCUT2D eigenvalue weighted by molar-refractivity contribution is 4.72. The summed E-state index contributed by atoms with van der Waals surface area (Å²) in [6.45, 7) is 6.22. The fraction of sp³-hybridized carbons (Fsp3) is 0.900. The molecule has 70 valence electrons. The number of nitriles is 1. The zero-order valence-corrected chi connectivity index (χ0v) is 8.34. The van der Waals surface area contributed by atoms with Gasteiger partial charge in [-0.1, -0.05) is 27.2 Å². The summed E-state index contributed by atoms with van der Waals surface area (Å²) >= 11 is 0. The van der Waals surface area contributed by atoms with E-state index in [0.717, 1.165) is 18.8 Å². The van der Waals surface area contributed by atoms with E-state index in [2.05, 4.69) is 6.92 Å². The van der Waals surface area contributed by atoms with Crippen LogP contribution >= 0.6 is 0 Å². The molecule has 0 aromatic heterocycles. The Bertz CT molecular complexity index is 139. The highest BCUT2D eigenvalue weighted by Gasteiger charge is 2.19. The summed E-state index contributed by atoms with van der Waals surface area (Å²) in [7, 11) is 0. The standard InChI is InChI=1S/C8H13NO.C2H6/c1-7-3-2-4-8(5-7)10-6-9;1-2/h7-8H,2-5H2,1H3;1-2H3. The van der Waals surface area contributed by atoms with E-state index in [1.165, 1.54) is 12.8 Å². The van der Waals surface area contributed by atoms with Crippen LogP contribution in [0.1, 0.15) is 46.5 Å². The van der Waals surface area contributed by atoms with Gasteiger partial charge in [-0.25, -0.2) is 0 Å². The van der Waals surface area contributed by atoms with E-state index in [4.69, 9.17) is 10.00 Å². The topological polar surface area (TPSA) is 33.0 Å². The predicted octanol–water partition coefficient (Wildman–Crippen LogP) is 3.09. The molecule has 2 unspecified atom stereocenters. The summed E-state index contributed by atoms with van der Waals surface area (Å²) in [5, 5.41) is 8.23. The number of nitrogens with zero attached hydrogens (tertiary/aromatic N) is 1. The molecule has 0 spiro atoms. The Kier molecular flexibility index (Phi) is 6.55. The fourth-order valence-corrected chi connectivity index (χ4v) is 1.56. The smallest absolute Gasteiger partial charge is 0.286 e. The first-order valence-corrected chi connectivity index (χ1v) is 4.87. The maximum atomic E-state index is 8.23. The molecule has 0 saturated heterocycles. The lowest BCUT2D eigenvalue weighted by atomic mass is 9.89. The summed E-state index contributed by atoms with van der Waals surface area (Å²) in [4.78, 5) is 0. The van der Waals surface area contributed by atoms with E-state index in [9.17, 15) is 0 Å². The Morgan fingerprint density at radius 1 is 1.33 bits per heavy atom. The van der Waals surface area contributed by atoms with Gasteiger partial charge in [-0.05, 0) is 25.2 Å². The van der Waals surface area contributed by atoms with Gasteiger partial charge in [0.25, 0.3) is 6.26 Å². The molecule has 12 heavy (non-hydrogen) atoms. The summed E-state index contributed by atoms with van der Waals surface area (Å²) in [5.74, 6) is 0.743. The minimum Gasteiger partial charge on any atom is -0.424 e. The molecule has 0 aromatic rings. The molecule has 0 amide bonds. The molecule has 0 aromatic carbocycles. The molecule has 0 bridgehead atoms. The second kappa shape index (κ2) is 6.97. The molecule has 0 N–H and O–H groups in total. The third-order valence-corrected chi connectivity index (χ3v) is 2.11. The van der Waals surface area contributed by atoms with Crippen LogP contribution in [-0.4, -0.2) is 6.10 Å². The van der Waals surface area contributed by atoms with Crippen LogP contribution in [0.5, 0.6) is 0 Å². The van der Waals surface area contributed by atoms with Crippen molar-refractivity contribution >= 4 is 0 Å². The van der Waals surface area contributed by atoms with Crippen LogP contribution in [0.15, 0.2) is 0 Å². The second-order valence-electron chi connectivity index (χ2n) is 3.10. The molecule has 2 atom stereocenters. The lowest BCUT2D eigenvalue weighted by molar-refractivity contribution is 0.0984. The predicted molar refractivity (Wildman–Crippen MR) is 49.5 cm³/mol. The molecule has 1 aliphatic carbocycles. The van der Waals surface area contributed by atoms with Gasteiger partial charge in [-0.3, -0.25) is 0 Å². The quantitative estimate of drug-likeness (QED) is 0.565. The number of ether oxygens (including phenoxy) is 1. The van der Waals surface area contributed by atoms with E-state index in [-0.39, 0.29) is 6.10 Å². The molecule has 1 fully saturated rings. The van der Waals surface area contributed by atoms with Crippen molar-refractivity contribution in [1.29, 1.82) is 5.26 Å². The number of hydrogen-bond donors (Lipinski definition) is 0. The van der Waals surface area contributed by atoms with Crippen LogP contribution in [0.25, 0.3) is 0 Å². The maximum Gasteiger partial charge on any atom is 0.286 e. The minimum absolute atomic E-state index is 0.216. The molecule has 1 rings (SSSR count). The average molecular weight is 169 g/mol. The minimum atomic E-state index is 0.216. The van der Waals surface area contributed by atoms with Crippen LogP contribution in [0, 0.1) is 17.4 Å². The molecule has 2 nitrogen and oxygen atoms in total. The van der Waals surface area contributed by atoms with Gasteiger partial charge in [0, 0.05) is 0 Å². The van der Waals surface area contributed by atoms with Crippen LogP contribution in [0.2, 0.25) is 0 Å². The molecule has 0 heterocycles. The van der Waals surface area contributed by atoms with Crippen molar-refractivity contribution in [1.82, 2.24) is 0 Å². The molecular formula is C10H19NO. The van der Waals surface area contributed by atoms with Gasteiger partial charge in [0.05, 0.1) is 0 Å². The van der Waals surface area contributed by atoms with Crippen LogP contribution in [0.4, 0.5) is 0 Å². The molecular weight excluding hydrogens is 150 g/mol. The van der Waals surface area contributed by atoms with Crippen molar-refractivity contribution in [2.45, 2.75) is 52.6 Å². The van der Waals surface area contributed by atoms with E-state index in [0.29, 0.717) is 0 Å². The Morgan fingerprint density at radius 2 is 2.00 bits per heavy atom. The zero-order chi connectivity index (χ0) is 9.40. The highest BCUT2D eigenvalue weighted by atomic mass is 16.5. The normalized spacial score (nSPS) is 27.8. The third-order valence-electron chi connectivity index (χ3n) is 2.11. The van der Waals surface area contributed by atoms with E-state index >= 15 is 0 Å². The largest absolute Gasteiger partial charge is 0.424 e. The first-order chi connectivity index (χ1) is 5.83. The lowest BCUT2D eigenvalue weighted by Crippen LogP contribution is -2.19. The zero-order valence-electron chi connectivity index (χ0n) is 8.34. The van der Waals surface area contributed by atoms with E-state index in [1.54, 1.807) is 6.26 Å². The van der Waals surface area contributed by atoms with Gasteiger partial charge in [0.2, 0.25) is 0 Å². The van der Waals surface area contributed by atoms with Crippen molar-refractivity contribution in [3.8, 4) is 6.26 Å². The van der Waals surface area contributed by atoms with E-state index in [1.807, 2.05) is 13.8 Å². The van der Waals surface area contributed by atoms with Gasteiger partial charge in [0.15, 0.2) is 0 Å². The summed E-state index contributed by atoms with van der Waals surface area (Å²) < 4.78 is 4.86. The molecule has 0 radical (unpaired) electrons. The Hall–Kier alpha value is -0.710. The third kappa shape index (κ3) is 4.23. The summed E-state index contributed by atoms with van der Waals surface area (Å²) in [6, 6.07) is 0. The van der Waals surface area contributed by atoms with Gasteiger partial charge in [-0.15, -0.1) is 0 Å². The maximum absolute atomic E-state index is 8.23. The van der Waals surface area contributed by atoms with Crippen molar-refractivity contribution in [2.24, 2.45) is 5.92 Å². The van der Waals surface area contributed by atoms with Crippen molar-refractivity contribution in [3.05, 3.63) is 0 Å². The van der Waals surface area contributed by atoms with Gasteiger partial charge in [0.1, 0.15) is 6.10 Å². The Morgan fingerprint density at radius 3 is 2.50 bits per heavy atom. The first-order valence-electron chi connectivity index (χ1n) is 4.87. The van der Waals surface area contributed by atoms with Crippen LogP contribution in [0.3, 0.4) is 0 Å². The monoisotopic (exact) mass is 169 g/mol. The molecule has 2 heteroatoms. The van der Waals surface area contributed by atoms with Gasteiger partial charge in [-0.2, -0.15) is 5.26 Å². The Labute approximate surface area is 75.5 Å². The van der Waals surface area contributed by atoms with Gasteiger partial charge < -0.3 is 4.74 Å². The molecule has 1 saturated carbocycles. The van der Waals surface area contributed by atoms with E-state index < -0.39 is 0 Å².